The zero-order valence-electron chi connectivity index (χ0n) is 18.3. The molecular weight excluding hydrogens is 460 g/mol. The molecule has 2 rings (SSSR count). The number of aromatic nitrogens is 2. The van der Waals surface area contributed by atoms with Crippen LogP contribution in [0.4, 0.5) is 17.1 Å². The Morgan fingerprint density at radius 3 is 1.88 bits per heavy atom. The van der Waals surface area contributed by atoms with E-state index in [1.54, 1.807) is 12.1 Å². The lowest BCUT2D eigenvalue weighted by Gasteiger charge is -2.21. The molecule has 0 aliphatic heterocycles. The van der Waals surface area contributed by atoms with Crippen LogP contribution in [0.1, 0.15) is 5.69 Å². The average molecular weight is 481 g/mol. The highest BCUT2D eigenvalue weighted by Crippen LogP contribution is 2.36. The quantitative estimate of drug-likeness (QED) is 0.226. The molecule has 0 saturated heterocycles. The fourth-order valence-corrected chi connectivity index (χ4v) is 1.82. The molecule has 34 heavy (non-hydrogen) atoms. The first kappa shape index (κ1) is 29.4. The van der Waals surface area contributed by atoms with Gasteiger partial charge in [0, 0.05) is 6.20 Å². The van der Waals surface area contributed by atoms with Gasteiger partial charge in [0.2, 0.25) is 0 Å². The number of carboxylic acids is 1. The molecule has 16 nitrogen and oxygen atoms in total. The molecule has 0 fully saturated rings. The number of carbonyl (C=O) groups is 1. The Hall–Kier alpha value is -4.57. The molecule has 0 atom stereocenters. The average Bonchev–Trinajstić information content (AvgIpc) is 2.72. The second-order valence-electron chi connectivity index (χ2n) is 7.12. The summed E-state index contributed by atoms with van der Waals surface area (Å²) >= 11 is 0. The fraction of sp³-hybridized carbons (Fsp3) is 0.278. The summed E-state index contributed by atoms with van der Waals surface area (Å²) < 4.78 is 0.844. The molecule has 0 aliphatic carbocycles. The molecule has 2 aromatic rings. The van der Waals surface area contributed by atoms with Crippen molar-refractivity contribution in [1.29, 1.82) is 0 Å². The molecule has 1 N–H and O–H groups in total. The molecule has 0 aliphatic rings. The number of carbonyl (C=O) groups excluding carboxylic acids is 1. The van der Waals surface area contributed by atoms with E-state index in [-0.39, 0.29) is 6.61 Å². The van der Waals surface area contributed by atoms with E-state index in [0.717, 1.165) is 17.1 Å². The fourth-order valence-electron chi connectivity index (χ4n) is 1.82. The van der Waals surface area contributed by atoms with Crippen LogP contribution < -0.4 is 10.2 Å². The van der Waals surface area contributed by atoms with Crippen LogP contribution >= 0.6 is 0 Å². The Kier molecular flexibility index (Phi) is 11.9. The Balaban J connectivity index is 0.000000524. The van der Waals surface area contributed by atoms with Crippen molar-refractivity contribution in [1.82, 2.24) is 10.2 Å². The van der Waals surface area contributed by atoms with Gasteiger partial charge in [-0.3, -0.25) is 30.3 Å². The molecule has 1 heterocycles. The van der Waals surface area contributed by atoms with E-state index in [0.29, 0.717) is 17.8 Å². The topological polar surface area (TPSA) is 239 Å². The lowest BCUT2D eigenvalue weighted by Crippen LogP contribution is -2.36. The maximum atomic E-state index is 11.1. The summed E-state index contributed by atoms with van der Waals surface area (Å²) in [7, 11) is 6.16. The van der Waals surface area contributed by atoms with E-state index in [1.807, 2.05) is 0 Å². The van der Waals surface area contributed by atoms with Crippen LogP contribution in [-0.2, 0) is 4.79 Å². The highest BCUT2D eigenvalue weighted by Gasteiger charge is 2.24. The van der Waals surface area contributed by atoms with Crippen molar-refractivity contribution < 1.29 is 39.4 Å². The molecule has 0 spiro atoms. The van der Waals surface area contributed by atoms with Gasteiger partial charge in [-0.2, -0.15) is 10.2 Å². The van der Waals surface area contributed by atoms with Crippen molar-refractivity contribution in [3.05, 3.63) is 72.6 Å². The standard InChI is InChI=1S/C7H6N2O2.C6H3N3O7.C5H14NO/c10-7(11)4-3-6-2-1-5-8-9-6;10-6-4(8(13)14)1-3(7(11)12)2-5(6)9(15)16;1-6(2,3)4-5-7/h1-5H,(H,10,11);1-2,10H;7H,4-5H2,1-3H3/q;;+1/p-2/b4-3+;;. The summed E-state index contributed by atoms with van der Waals surface area (Å²) in [5.74, 6) is -2.70. The van der Waals surface area contributed by atoms with E-state index in [1.165, 1.54) is 12.3 Å². The first-order valence-electron chi connectivity index (χ1n) is 9.06. The van der Waals surface area contributed by atoms with E-state index < -0.39 is 43.6 Å². The SMILES string of the molecule is C[N+](C)(C)CCO.O=C([O-])/C=C/c1cccnn1.O=[N+]([O-])c1cc([N+](=O)[O-])c([O-])c([N+](=O)[O-])c1. The minimum absolute atomic E-state index is 0.281. The van der Waals surface area contributed by atoms with Gasteiger partial charge in [0.1, 0.15) is 6.54 Å². The molecular formula is C18H21N6O10-. The molecule has 0 unspecified atom stereocenters. The van der Waals surface area contributed by atoms with Gasteiger partial charge in [-0.25, -0.2) is 0 Å². The molecule has 0 amide bonds. The number of non-ortho nitro benzene ring substituents is 1. The summed E-state index contributed by atoms with van der Waals surface area (Å²) in [5, 5.41) is 67.6. The van der Waals surface area contributed by atoms with Crippen molar-refractivity contribution in [2.45, 2.75) is 0 Å². The third-order valence-electron chi connectivity index (χ3n) is 3.39. The first-order chi connectivity index (χ1) is 15.7. The van der Waals surface area contributed by atoms with E-state index >= 15 is 0 Å². The van der Waals surface area contributed by atoms with Crippen molar-refractivity contribution in [2.75, 3.05) is 34.3 Å². The number of hydrogen-bond donors (Lipinski definition) is 1. The number of aliphatic hydroxyl groups excluding tert-OH is 1. The van der Waals surface area contributed by atoms with Crippen LogP contribution in [-0.4, -0.2) is 74.8 Å². The van der Waals surface area contributed by atoms with E-state index in [4.69, 9.17) is 5.11 Å². The third kappa shape index (κ3) is 11.7. The number of rotatable bonds is 7. The molecule has 184 valence electrons. The maximum Gasteiger partial charge on any atom is 0.283 e. The van der Waals surface area contributed by atoms with Crippen LogP contribution in [0.5, 0.6) is 5.75 Å². The number of aliphatic hydroxyl groups is 1. The summed E-state index contributed by atoms with van der Waals surface area (Å²) in [6, 6.07) is 4.08. The number of nitro groups is 3. The smallest absolute Gasteiger partial charge is 0.283 e. The minimum atomic E-state index is -1.46. The van der Waals surface area contributed by atoms with Gasteiger partial charge in [0.15, 0.2) is 0 Å². The Bertz CT molecular complexity index is 1000. The molecule has 16 heteroatoms. The predicted molar refractivity (Wildman–Crippen MR) is 112 cm³/mol. The van der Waals surface area contributed by atoms with Gasteiger partial charge in [0.25, 0.3) is 17.1 Å². The summed E-state index contributed by atoms with van der Waals surface area (Å²) in [5.41, 5.74) is -2.77. The summed E-state index contributed by atoms with van der Waals surface area (Å²) in [4.78, 5) is 37.4. The molecule has 1 aromatic carbocycles. The second kappa shape index (κ2) is 13.8. The monoisotopic (exact) mass is 481 g/mol. The van der Waals surface area contributed by atoms with Crippen molar-refractivity contribution >= 4 is 29.1 Å². The number of benzene rings is 1. The van der Waals surface area contributed by atoms with Crippen LogP contribution in [0.3, 0.4) is 0 Å². The number of nitro benzene ring substituents is 3. The van der Waals surface area contributed by atoms with Crippen molar-refractivity contribution in [3.8, 4) is 5.75 Å². The van der Waals surface area contributed by atoms with Crippen LogP contribution in [0.25, 0.3) is 6.08 Å². The lowest BCUT2D eigenvalue weighted by atomic mass is 10.2. The highest BCUT2D eigenvalue weighted by molar-refractivity contribution is 5.83. The van der Waals surface area contributed by atoms with Crippen LogP contribution in [0.15, 0.2) is 36.5 Å². The Morgan fingerprint density at radius 1 is 1.06 bits per heavy atom. The Labute approximate surface area is 192 Å². The second-order valence-corrected chi connectivity index (χ2v) is 7.12. The van der Waals surface area contributed by atoms with Crippen molar-refractivity contribution in [2.24, 2.45) is 0 Å². The van der Waals surface area contributed by atoms with E-state index in [9.17, 15) is 45.4 Å². The molecule has 1 aromatic heterocycles. The lowest BCUT2D eigenvalue weighted by molar-refractivity contribution is -0.870. The van der Waals surface area contributed by atoms with Gasteiger partial charge >= 0.3 is 0 Å². The zero-order valence-corrected chi connectivity index (χ0v) is 18.3. The molecule has 0 bridgehead atoms. The number of hydrogen-bond acceptors (Lipinski definition) is 12. The normalized spacial score (nSPS) is 10.4. The Morgan fingerprint density at radius 2 is 1.59 bits per heavy atom. The molecule has 0 saturated carbocycles. The number of nitrogens with zero attached hydrogens (tertiary/aromatic N) is 6. The van der Waals surface area contributed by atoms with Gasteiger partial charge in [0.05, 0.1) is 72.1 Å². The number of likely N-dealkylation sites (N-methyl/N-ethyl adjacent to an activating group) is 1. The minimum Gasteiger partial charge on any atom is -0.863 e. The van der Waals surface area contributed by atoms with Gasteiger partial charge < -0.3 is 24.6 Å². The number of aliphatic carboxylic acids is 1. The number of carboxylic acid groups (broad SMARTS) is 1. The zero-order chi connectivity index (χ0) is 26.5. The van der Waals surface area contributed by atoms with Gasteiger partial charge in [-0.1, -0.05) is 0 Å². The van der Waals surface area contributed by atoms with Gasteiger partial charge in [-0.15, -0.1) is 0 Å². The van der Waals surface area contributed by atoms with Crippen LogP contribution in [0, 0.1) is 30.3 Å². The molecule has 0 radical (unpaired) electrons. The number of quaternary nitrogens is 1. The third-order valence-corrected chi connectivity index (χ3v) is 3.39. The first-order valence-corrected chi connectivity index (χ1v) is 9.06. The largest absolute Gasteiger partial charge is 0.863 e. The van der Waals surface area contributed by atoms with Crippen molar-refractivity contribution in [3.63, 3.8) is 0 Å². The summed E-state index contributed by atoms with van der Waals surface area (Å²) in [6.45, 7) is 1.11. The summed E-state index contributed by atoms with van der Waals surface area (Å²) in [6.07, 6.45) is 3.74. The van der Waals surface area contributed by atoms with Gasteiger partial charge in [-0.05, 0) is 24.3 Å². The maximum absolute atomic E-state index is 11.1. The predicted octanol–water partition coefficient (Wildman–Crippen LogP) is -0.591. The van der Waals surface area contributed by atoms with Crippen LogP contribution in [0.2, 0.25) is 0 Å². The van der Waals surface area contributed by atoms with E-state index in [2.05, 4.69) is 31.3 Å². The highest BCUT2D eigenvalue weighted by atomic mass is 16.6.